The van der Waals surface area contributed by atoms with Gasteiger partial charge in [-0.25, -0.2) is 0 Å². The van der Waals surface area contributed by atoms with Gasteiger partial charge in [0.15, 0.2) is 5.78 Å². The first-order valence-corrected chi connectivity index (χ1v) is 11.0. The van der Waals surface area contributed by atoms with E-state index < -0.39 is 34.9 Å². The SMILES string of the molecule is CC(=O)C1=C(C)N(Cc2ccccc2)C(=O)[C@]1(NC(=O)CCC1CCCCC1)C(F)(F)F. The largest absolute Gasteiger partial charge is 0.425 e. The Morgan fingerprint density at radius 2 is 1.75 bits per heavy atom. The van der Waals surface area contributed by atoms with Crippen LogP contribution in [-0.2, 0) is 20.9 Å². The van der Waals surface area contributed by atoms with Crippen LogP contribution in [-0.4, -0.2) is 34.2 Å². The van der Waals surface area contributed by atoms with Gasteiger partial charge in [-0.15, -0.1) is 0 Å². The van der Waals surface area contributed by atoms with Crippen LogP contribution < -0.4 is 5.32 Å². The lowest BCUT2D eigenvalue weighted by Crippen LogP contribution is -2.66. The number of nitrogens with zero attached hydrogens (tertiary/aromatic N) is 1. The third-order valence-corrected chi connectivity index (χ3v) is 6.50. The van der Waals surface area contributed by atoms with Crippen LogP contribution in [0, 0.1) is 5.92 Å². The third-order valence-electron chi connectivity index (χ3n) is 6.50. The maximum absolute atomic E-state index is 14.5. The molecule has 1 fully saturated rings. The number of halogens is 3. The number of ketones is 1. The van der Waals surface area contributed by atoms with E-state index >= 15 is 0 Å². The molecule has 1 atom stereocenters. The predicted octanol–water partition coefficient (Wildman–Crippen LogP) is 4.67. The zero-order valence-corrected chi connectivity index (χ0v) is 18.4. The average Bonchev–Trinajstić information content (AvgIpc) is 2.95. The molecule has 32 heavy (non-hydrogen) atoms. The number of Topliss-reactive ketones (excluding diaryl/α,β-unsaturated/α-hetero) is 1. The van der Waals surface area contributed by atoms with Crippen LogP contribution in [0.3, 0.4) is 0 Å². The Balaban J connectivity index is 1.90. The summed E-state index contributed by atoms with van der Waals surface area (Å²) in [4.78, 5) is 39.2. The molecule has 1 aromatic carbocycles. The zero-order chi connectivity index (χ0) is 23.5. The first-order chi connectivity index (χ1) is 15.1. The predicted molar refractivity (Wildman–Crippen MR) is 113 cm³/mol. The van der Waals surface area contributed by atoms with E-state index in [-0.39, 0.29) is 18.7 Å². The standard InChI is InChI=1S/C24H29F3N2O3/c1-16-21(17(2)30)23(24(25,26)27,22(32)29(16)15-19-11-7-4-8-12-19)28-20(31)14-13-18-9-5-3-6-10-18/h4,7-8,11-12,18H,3,5-6,9-10,13-15H2,1-2H3,(H,28,31)/t23-/m0/s1. The van der Waals surface area contributed by atoms with Crippen molar-refractivity contribution in [2.24, 2.45) is 5.92 Å². The highest BCUT2D eigenvalue weighted by Gasteiger charge is 2.69. The summed E-state index contributed by atoms with van der Waals surface area (Å²) in [5.74, 6) is -2.80. The van der Waals surface area contributed by atoms with Crippen LogP contribution in [0.5, 0.6) is 0 Å². The van der Waals surface area contributed by atoms with Crippen LogP contribution in [0.1, 0.15) is 64.4 Å². The molecule has 0 unspecified atom stereocenters. The molecule has 5 nitrogen and oxygen atoms in total. The number of carbonyl (C=O) groups excluding carboxylic acids is 3. The Morgan fingerprint density at radius 3 is 2.31 bits per heavy atom. The fourth-order valence-electron chi connectivity index (χ4n) is 4.88. The van der Waals surface area contributed by atoms with Gasteiger partial charge in [-0.1, -0.05) is 62.4 Å². The lowest BCUT2D eigenvalue weighted by Gasteiger charge is -2.33. The normalized spacial score (nSPS) is 22.4. The Labute approximate surface area is 186 Å². The van der Waals surface area contributed by atoms with Crippen LogP contribution in [0.25, 0.3) is 0 Å². The highest BCUT2D eigenvalue weighted by molar-refractivity contribution is 6.11. The van der Waals surface area contributed by atoms with E-state index in [1.807, 2.05) is 5.32 Å². The molecule has 0 bridgehead atoms. The summed E-state index contributed by atoms with van der Waals surface area (Å²) < 4.78 is 43.4. The first-order valence-electron chi connectivity index (χ1n) is 11.0. The first kappa shape index (κ1) is 24.0. The Bertz CT molecular complexity index is 905. The van der Waals surface area contributed by atoms with Gasteiger partial charge >= 0.3 is 6.18 Å². The molecule has 1 N–H and O–H groups in total. The second-order valence-electron chi connectivity index (χ2n) is 8.73. The maximum atomic E-state index is 14.5. The molecule has 1 heterocycles. The van der Waals surface area contributed by atoms with Crippen molar-refractivity contribution in [3.8, 4) is 0 Å². The molecule has 1 aliphatic carbocycles. The van der Waals surface area contributed by atoms with Gasteiger partial charge in [0.25, 0.3) is 5.91 Å². The van der Waals surface area contributed by atoms with Gasteiger partial charge in [-0.2, -0.15) is 13.2 Å². The molecule has 2 amide bonds. The number of hydrogen-bond acceptors (Lipinski definition) is 3. The molecule has 0 aromatic heterocycles. The molecule has 2 aliphatic rings. The molecule has 8 heteroatoms. The molecular weight excluding hydrogens is 421 g/mol. The topological polar surface area (TPSA) is 66.5 Å². The summed E-state index contributed by atoms with van der Waals surface area (Å²) in [6, 6.07) is 8.55. The monoisotopic (exact) mass is 450 g/mol. The van der Waals surface area contributed by atoms with E-state index in [2.05, 4.69) is 0 Å². The van der Waals surface area contributed by atoms with E-state index in [4.69, 9.17) is 0 Å². The van der Waals surface area contributed by atoms with Crippen LogP contribution in [0.2, 0.25) is 0 Å². The molecule has 1 saturated carbocycles. The van der Waals surface area contributed by atoms with E-state index in [1.165, 1.54) is 6.92 Å². The highest BCUT2D eigenvalue weighted by Crippen LogP contribution is 2.45. The van der Waals surface area contributed by atoms with Gasteiger partial charge in [0, 0.05) is 12.1 Å². The number of alkyl halides is 3. The molecular formula is C24H29F3N2O3. The Kier molecular flexibility index (Phi) is 7.10. The van der Waals surface area contributed by atoms with Gasteiger partial charge in [-0.05, 0) is 31.7 Å². The molecule has 0 radical (unpaired) electrons. The van der Waals surface area contributed by atoms with Gasteiger partial charge < -0.3 is 10.2 Å². The second-order valence-corrected chi connectivity index (χ2v) is 8.73. The van der Waals surface area contributed by atoms with E-state index in [0.29, 0.717) is 17.9 Å². The number of amides is 2. The van der Waals surface area contributed by atoms with Crippen molar-refractivity contribution in [3.05, 3.63) is 47.2 Å². The summed E-state index contributed by atoms with van der Waals surface area (Å²) in [5, 5.41) is 1.97. The minimum Gasteiger partial charge on any atom is -0.330 e. The molecule has 1 aliphatic heterocycles. The number of allylic oxidation sites excluding steroid dienone is 1. The number of nitrogens with one attached hydrogen (secondary N) is 1. The van der Waals surface area contributed by atoms with Crippen LogP contribution >= 0.6 is 0 Å². The molecule has 174 valence electrons. The number of rotatable bonds is 7. The molecule has 0 saturated heterocycles. The number of hydrogen-bond donors (Lipinski definition) is 1. The third kappa shape index (κ3) is 4.59. The minimum absolute atomic E-state index is 0.0868. The Morgan fingerprint density at radius 1 is 1.12 bits per heavy atom. The van der Waals surface area contributed by atoms with Crippen molar-refractivity contribution >= 4 is 17.6 Å². The fraction of sp³-hybridized carbons (Fsp3) is 0.542. The van der Waals surface area contributed by atoms with Crippen molar-refractivity contribution in [1.29, 1.82) is 0 Å². The van der Waals surface area contributed by atoms with Crippen molar-refractivity contribution in [3.63, 3.8) is 0 Å². The average molecular weight is 451 g/mol. The summed E-state index contributed by atoms with van der Waals surface area (Å²) in [6.07, 6.45) is 0.358. The quantitative estimate of drug-likeness (QED) is 0.657. The van der Waals surface area contributed by atoms with Crippen molar-refractivity contribution in [2.45, 2.75) is 77.1 Å². The van der Waals surface area contributed by atoms with Crippen molar-refractivity contribution < 1.29 is 27.6 Å². The van der Waals surface area contributed by atoms with E-state index in [0.717, 1.165) is 43.9 Å². The minimum atomic E-state index is -5.17. The summed E-state index contributed by atoms with van der Waals surface area (Å²) in [7, 11) is 0. The van der Waals surface area contributed by atoms with E-state index in [1.54, 1.807) is 30.3 Å². The van der Waals surface area contributed by atoms with Gasteiger partial charge in [0.1, 0.15) is 0 Å². The summed E-state index contributed by atoms with van der Waals surface area (Å²) >= 11 is 0. The summed E-state index contributed by atoms with van der Waals surface area (Å²) in [5.41, 5.74) is -3.54. The molecule has 0 spiro atoms. The van der Waals surface area contributed by atoms with Crippen LogP contribution in [0.15, 0.2) is 41.6 Å². The summed E-state index contributed by atoms with van der Waals surface area (Å²) in [6.45, 7) is 2.18. The Hall–Kier alpha value is -2.64. The van der Waals surface area contributed by atoms with Crippen molar-refractivity contribution in [1.82, 2.24) is 10.2 Å². The lowest BCUT2D eigenvalue weighted by molar-refractivity contribution is -0.194. The van der Waals surface area contributed by atoms with Crippen LogP contribution in [0.4, 0.5) is 13.2 Å². The fourth-order valence-corrected chi connectivity index (χ4v) is 4.88. The van der Waals surface area contributed by atoms with Gasteiger partial charge in [0.05, 0.1) is 12.1 Å². The number of carbonyl (C=O) groups is 3. The van der Waals surface area contributed by atoms with E-state index in [9.17, 15) is 27.6 Å². The maximum Gasteiger partial charge on any atom is 0.425 e. The lowest BCUT2D eigenvalue weighted by atomic mass is 9.85. The second kappa shape index (κ2) is 9.46. The molecule has 1 aromatic rings. The van der Waals surface area contributed by atoms with Gasteiger partial charge in [0.2, 0.25) is 11.4 Å². The molecule has 3 rings (SSSR count). The van der Waals surface area contributed by atoms with Gasteiger partial charge in [-0.3, -0.25) is 14.4 Å². The zero-order valence-electron chi connectivity index (χ0n) is 18.4. The number of benzene rings is 1. The van der Waals surface area contributed by atoms with Crippen molar-refractivity contribution in [2.75, 3.05) is 0 Å². The smallest absolute Gasteiger partial charge is 0.330 e. The highest BCUT2D eigenvalue weighted by atomic mass is 19.4.